The topological polar surface area (TPSA) is 22.1 Å². The van der Waals surface area contributed by atoms with Crippen LogP contribution in [0.5, 0.6) is 5.75 Å². The Morgan fingerprint density at radius 2 is 2.18 bits per heavy atom. The van der Waals surface area contributed by atoms with Crippen LogP contribution in [0.4, 0.5) is 0 Å². The average molecular weight is 313 g/mol. The third-order valence-electron chi connectivity index (χ3n) is 2.28. The normalized spacial score (nSPS) is 10.2. The predicted molar refractivity (Wildman–Crippen MR) is 72.7 cm³/mol. The van der Waals surface area contributed by atoms with Gasteiger partial charge in [0.05, 0.1) is 0 Å². The summed E-state index contributed by atoms with van der Waals surface area (Å²) in [5.41, 5.74) is 2.09. The van der Waals surface area contributed by atoms with Gasteiger partial charge in [-0.3, -0.25) is 4.98 Å². The maximum absolute atomic E-state index is 5.93. The van der Waals surface area contributed by atoms with Crippen LogP contribution in [0.2, 0.25) is 5.02 Å². The Labute approximate surface area is 114 Å². The van der Waals surface area contributed by atoms with Crippen molar-refractivity contribution in [1.29, 1.82) is 0 Å². The fraction of sp³-hybridized carbons (Fsp3) is 0.154. The first-order chi connectivity index (χ1) is 8.29. The summed E-state index contributed by atoms with van der Waals surface area (Å²) < 4.78 is 5.74. The summed E-state index contributed by atoms with van der Waals surface area (Å²) in [5, 5.41) is 1.43. The summed E-state index contributed by atoms with van der Waals surface area (Å²) in [4.78, 5) is 4.04. The van der Waals surface area contributed by atoms with Gasteiger partial charge in [-0.1, -0.05) is 33.6 Å². The zero-order valence-corrected chi connectivity index (χ0v) is 11.4. The molecule has 1 heterocycles. The summed E-state index contributed by atoms with van der Waals surface area (Å²) in [6, 6.07) is 9.49. The van der Waals surface area contributed by atoms with E-state index >= 15 is 0 Å². The second kappa shape index (κ2) is 6.03. The van der Waals surface area contributed by atoms with Gasteiger partial charge in [-0.2, -0.15) is 0 Å². The minimum atomic E-state index is 0.509. The number of nitrogens with zero attached hydrogens (tertiary/aromatic N) is 1. The molecular formula is C13H11BrClNO. The van der Waals surface area contributed by atoms with Gasteiger partial charge in [-0.05, 0) is 24.3 Å². The first-order valence-electron chi connectivity index (χ1n) is 5.15. The summed E-state index contributed by atoms with van der Waals surface area (Å²) >= 11 is 9.34. The molecule has 17 heavy (non-hydrogen) atoms. The van der Waals surface area contributed by atoms with E-state index in [-0.39, 0.29) is 0 Å². The number of ether oxygens (including phenoxy) is 1. The molecule has 0 atom stereocenters. The Morgan fingerprint density at radius 1 is 1.29 bits per heavy atom. The Hall–Kier alpha value is -1.06. The van der Waals surface area contributed by atoms with E-state index in [1.54, 1.807) is 12.4 Å². The quantitative estimate of drug-likeness (QED) is 0.789. The maximum Gasteiger partial charge on any atom is 0.123 e. The van der Waals surface area contributed by atoms with E-state index in [1.807, 2.05) is 30.3 Å². The molecule has 2 rings (SSSR count). The molecule has 2 nitrogen and oxygen atoms in total. The summed E-state index contributed by atoms with van der Waals surface area (Å²) in [6.07, 6.45) is 3.54. The molecule has 0 unspecified atom stereocenters. The van der Waals surface area contributed by atoms with Gasteiger partial charge in [-0.15, -0.1) is 0 Å². The minimum Gasteiger partial charge on any atom is -0.489 e. The van der Waals surface area contributed by atoms with E-state index < -0.39 is 0 Å². The van der Waals surface area contributed by atoms with Crippen LogP contribution in [-0.2, 0) is 11.9 Å². The van der Waals surface area contributed by atoms with Crippen molar-refractivity contribution in [1.82, 2.24) is 4.98 Å². The Morgan fingerprint density at radius 3 is 2.88 bits per heavy atom. The Kier molecular flexibility index (Phi) is 4.40. The number of halogens is 2. The second-order valence-corrected chi connectivity index (χ2v) is 4.53. The van der Waals surface area contributed by atoms with Gasteiger partial charge >= 0.3 is 0 Å². The van der Waals surface area contributed by atoms with Crippen LogP contribution < -0.4 is 4.74 Å². The Bertz CT molecular complexity index is 490. The second-order valence-electron chi connectivity index (χ2n) is 3.54. The lowest BCUT2D eigenvalue weighted by atomic mass is 10.2. The molecule has 0 radical (unpaired) electrons. The number of rotatable bonds is 4. The van der Waals surface area contributed by atoms with Crippen LogP contribution in [0.25, 0.3) is 0 Å². The van der Waals surface area contributed by atoms with Crippen molar-refractivity contribution >= 4 is 27.5 Å². The summed E-state index contributed by atoms with van der Waals surface area (Å²) in [6.45, 7) is 0.509. The summed E-state index contributed by atoms with van der Waals surface area (Å²) in [7, 11) is 0. The molecule has 1 aromatic heterocycles. The van der Waals surface area contributed by atoms with Crippen molar-refractivity contribution in [2.24, 2.45) is 0 Å². The van der Waals surface area contributed by atoms with Crippen molar-refractivity contribution in [3.63, 3.8) is 0 Å². The highest BCUT2D eigenvalue weighted by molar-refractivity contribution is 9.08. The molecule has 0 aliphatic rings. The van der Waals surface area contributed by atoms with Gasteiger partial charge in [0.15, 0.2) is 0 Å². The van der Waals surface area contributed by atoms with E-state index in [2.05, 4.69) is 20.9 Å². The first kappa shape index (κ1) is 12.4. The van der Waals surface area contributed by atoms with E-state index in [1.165, 1.54) is 0 Å². The van der Waals surface area contributed by atoms with E-state index in [0.717, 1.165) is 22.2 Å². The Balaban J connectivity index is 2.09. The highest BCUT2D eigenvalue weighted by Gasteiger charge is 2.04. The highest BCUT2D eigenvalue weighted by Crippen LogP contribution is 2.25. The van der Waals surface area contributed by atoms with Crippen LogP contribution in [-0.4, -0.2) is 4.98 Å². The monoisotopic (exact) mass is 311 g/mol. The van der Waals surface area contributed by atoms with Gasteiger partial charge in [0.25, 0.3) is 0 Å². The van der Waals surface area contributed by atoms with Gasteiger partial charge in [-0.25, -0.2) is 0 Å². The molecule has 0 aliphatic carbocycles. The number of alkyl halides is 1. The largest absolute Gasteiger partial charge is 0.489 e. The molecule has 0 aliphatic heterocycles. The maximum atomic E-state index is 5.93. The van der Waals surface area contributed by atoms with Gasteiger partial charge < -0.3 is 4.74 Å². The average Bonchev–Trinajstić information content (AvgIpc) is 2.38. The SMILES string of the molecule is Clc1ccc(OCc2cccnc2)c(CBr)c1. The molecule has 0 saturated heterocycles. The third kappa shape index (κ3) is 3.45. The van der Waals surface area contributed by atoms with Crippen LogP contribution >= 0.6 is 27.5 Å². The fourth-order valence-electron chi connectivity index (χ4n) is 1.44. The number of pyridine rings is 1. The van der Waals surface area contributed by atoms with Gasteiger partial charge in [0.2, 0.25) is 0 Å². The van der Waals surface area contributed by atoms with Crippen LogP contribution in [0, 0.1) is 0 Å². The minimum absolute atomic E-state index is 0.509. The van der Waals surface area contributed by atoms with Crippen LogP contribution in [0.3, 0.4) is 0 Å². The number of aromatic nitrogens is 1. The lowest BCUT2D eigenvalue weighted by Gasteiger charge is -2.10. The predicted octanol–water partition coefficient (Wildman–Crippen LogP) is 4.21. The third-order valence-corrected chi connectivity index (χ3v) is 3.12. The highest BCUT2D eigenvalue weighted by atomic mass is 79.9. The molecular weight excluding hydrogens is 302 g/mol. The van der Waals surface area contributed by atoms with Gasteiger partial charge in [0, 0.05) is 33.9 Å². The number of benzene rings is 1. The number of hydrogen-bond donors (Lipinski definition) is 0. The van der Waals surface area contributed by atoms with E-state index in [9.17, 15) is 0 Å². The molecule has 0 amide bonds. The van der Waals surface area contributed by atoms with Crippen LogP contribution in [0.15, 0.2) is 42.7 Å². The molecule has 88 valence electrons. The van der Waals surface area contributed by atoms with Crippen molar-refractivity contribution in [3.05, 3.63) is 58.9 Å². The summed E-state index contributed by atoms with van der Waals surface area (Å²) in [5.74, 6) is 0.843. The molecule has 0 saturated carbocycles. The van der Waals surface area contributed by atoms with Crippen molar-refractivity contribution in [2.75, 3.05) is 0 Å². The van der Waals surface area contributed by atoms with E-state index in [4.69, 9.17) is 16.3 Å². The van der Waals surface area contributed by atoms with Gasteiger partial charge in [0.1, 0.15) is 12.4 Å². The zero-order chi connectivity index (χ0) is 12.1. The molecule has 0 spiro atoms. The standard InChI is InChI=1S/C13H11BrClNO/c14-7-11-6-12(15)3-4-13(11)17-9-10-2-1-5-16-8-10/h1-6,8H,7,9H2. The van der Waals surface area contributed by atoms with Crippen LogP contribution in [0.1, 0.15) is 11.1 Å². The molecule has 1 aromatic carbocycles. The lowest BCUT2D eigenvalue weighted by Crippen LogP contribution is -1.98. The zero-order valence-electron chi connectivity index (χ0n) is 9.07. The molecule has 0 fully saturated rings. The smallest absolute Gasteiger partial charge is 0.123 e. The van der Waals surface area contributed by atoms with Crippen molar-refractivity contribution in [3.8, 4) is 5.75 Å². The van der Waals surface area contributed by atoms with E-state index in [0.29, 0.717) is 11.6 Å². The first-order valence-corrected chi connectivity index (χ1v) is 6.65. The molecule has 0 N–H and O–H groups in total. The molecule has 0 bridgehead atoms. The molecule has 4 heteroatoms. The number of hydrogen-bond acceptors (Lipinski definition) is 2. The van der Waals surface area contributed by atoms with Crippen molar-refractivity contribution in [2.45, 2.75) is 11.9 Å². The van der Waals surface area contributed by atoms with Crippen molar-refractivity contribution < 1.29 is 4.74 Å². The fourth-order valence-corrected chi connectivity index (χ4v) is 2.07. The molecule has 2 aromatic rings. The lowest BCUT2D eigenvalue weighted by molar-refractivity contribution is 0.303.